The molecule has 2 aromatic carbocycles. The van der Waals surface area contributed by atoms with E-state index in [2.05, 4.69) is 53.5 Å². The predicted molar refractivity (Wildman–Crippen MR) is 114 cm³/mol. The normalized spacial score (nSPS) is 10.8. The number of aromatic nitrogens is 2. The van der Waals surface area contributed by atoms with Crippen LogP contribution in [0.2, 0.25) is 0 Å². The third-order valence-electron chi connectivity index (χ3n) is 4.62. The molecule has 0 spiro atoms. The van der Waals surface area contributed by atoms with E-state index in [4.69, 9.17) is 0 Å². The maximum Gasteiger partial charge on any atom is 0.274 e. The summed E-state index contributed by atoms with van der Waals surface area (Å²) < 4.78 is 0. The van der Waals surface area contributed by atoms with Gasteiger partial charge in [-0.05, 0) is 48.6 Å². The number of nitrogens with zero attached hydrogens (tertiary/aromatic N) is 2. The Labute approximate surface area is 166 Å². The van der Waals surface area contributed by atoms with Gasteiger partial charge < -0.3 is 10.6 Å². The molecular formula is C23H26N4O. The lowest BCUT2D eigenvalue weighted by Crippen LogP contribution is -2.17. The Bertz CT molecular complexity index is 982. The molecule has 1 aromatic heterocycles. The van der Waals surface area contributed by atoms with E-state index < -0.39 is 0 Å². The second-order valence-corrected chi connectivity index (χ2v) is 7.19. The minimum Gasteiger partial charge on any atom is -0.350 e. The lowest BCUT2D eigenvalue weighted by molar-refractivity contribution is 0.102. The summed E-state index contributed by atoms with van der Waals surface area (Å²) in [6.45, 7) is 8.74. The van der Waals surface area contributed by atoms with E-state index in [0.29, 0.717) is 24.1 Å². The SMILES string of the molecule is Cc1cc(C(=O)Nc2ccccc2C(C)C)nc(NCc2ccccc2C)n1. The van der Waals surface area contributed by atoms with Gasteiger partial charge in [0.05, 0.1) is 0 Å². The van der Waals surface area contributed by atoms with Gasteiger partial charge in [-0.1, -0.05) is 56.3 Å². The number of aryl methyl sites for hydroxylation is 2. The first-order chi connectivity index (χ1) is 13.4. The summed E-state index contributed by atoms with van der Waals surface area (Å²) in [6, 6.07) is 17.7. The molecule has 0 aliphatic carbocycles. The van der Waals surface area contributed by atoms with E-state index in [-0.39, 0.29) is 5.91 Å². The average Bonchev–Trinajstić information content (AvgIpc) is 2.67. The number of hydrogen-bond acceptors (Lipinski definition) is 4. The lowest BCUT2D eigenvalue weighted by Gasteiger charge is -2.14. The Kier molecular flexibility index (Phi) is 6.04. The summed E-state index contributed by atoms with van der Waals surface area (Å²) in [4.78, 5) is 21.6. The van der Waals surface area contributed by atoms with Crippen LogP contribution in [0.1, 0.15) is 52.6 Å². The molecule has 144 valence electrons. The van der Waals surface area contributed by atoms with Gasteiger partial charge in [0.15, 0.2) is 0 Å². The molecule has 0 aliphatic heterocycles. The summed E-state index contributed by atoms with van der Waals surface area (Å²) in [5, 5.41) is 6.22. The van der Waals surface area contributed by atoms with E-state index in [1.165, 1.54) is 11.1 Å². The molecule has 3 rings (SSSR count). The molecule has 1 heterocycles. The fourth-order valence-electron chi connectivity index (χ4n) is 3.05. The van der Waals surface area contributed by atoms with Crippen LogP contribution in [0.3, 0.4) is 0 Å². The van der Waals surface area contributed by atoms with Gasteiger partial charge in [0.1, 0.15) is 5.69 Å². The Hall–Kier alpha value is -3.21. The first-order valence-corrected chi connectivity index (χ1v) is 9.48. The third kappa shape index (κ3) is 4.74. The fraction of sp³-hybridized carbons (Fsp3) is 0.261. The van der Waals surface area contributed by atoms with Crippen molar-refractivity contribution in [2.24, 2.45) is 0 Å². The minimum absolute atomic E-state index is 0.238. The molecule has 0 unspecified atom stereocenters. The molecule has 28 heavy (non-hydrogen) atoms. The Morgan fingerprint density at radius 2 is 1.71 bits per heavy atom. The first-order valence-electron chi connectivity index (χ1n) is 9.48. The second-order valence-electron chi connectivity index (χ2n) is 7.19. The molecule has 0 aliphatic rings. The van der Waals surface area contributed by atoms with Gasteiger partial charge in [-0.15, -0.1) is 0 Å². The standard InChI is InChI=1S/C23H26N4O/c1-15(2)19-11-7-8-12-20(19)26-22(28)21-13-17(4)25-23(27-21)24-14-18-10-6-5-9-16(18)3/h5-13,15H,14H2,1-4H3,(H,26,28)(H,24,25,27). The van der Waals surface area contributed by atoms with Gasteiger partial charge in [-0.25, -0.2) is 9.97 Å². The Morgan fingerprint density at radius 1 is 1.00 bits per heavy atom. The molecule has 3 aromatic rings. The molecular weight excluding hydrogens is 348 g/mol. The molecule has 0 bridgehead atoms. The van der Waals surface area contributed by atoms with E-state index >= 15 is 0 Å². The minimum atomic E-state index is -0.238. The molecule has 0 saturated heterocycles. The number of rotatable bonds is 6. The zero-order valence-corrected chi connectivity index (χ0v) is 16.8. The van der Waals surface area contributed by atoms with Crippen molar-refractivity contribution in [1.82, 2.24) is 9.97 Å². The van der Waals surface area contributed by atoms with Gasteiger partial charge in [-0.2, -0.15) is 0 Å². The van der Waals surface area contributed by atoms with E-state index in [1.54, 1.807) is 6.07 Å². The summed E-state index contributed by atoms with van der Waals surface area (Å²) in [5.74, 6) is 0.526. The van der Waals surface area contributed by atoms with E-state index in [1.807, 2.05) is 43.3 Å². The van der Waals surface area contributed by atoms with Gasteiger partial charge in [-0.3, -0.25) is 4.79 Å². The van der Waals surface area contributed by atoms with E-state index in [0.717, 1.165) is 16.9 Å². The lowest BCUT2D eigenvalue weighted by atomic mass is 10.0. The zero-order valence-electron chi connectivity index (χ0n) is 16.8. The number of carbonyl (C=O) groups is 1. The van der Waals surface area contributed by atoms with Crippen LogP contribution in [-0.4, -0.2) is 15.9 Å². The second kappa shape index (κ2) is 8.65. The highest BCUT2D eigenvalue weighted by Crippen LogP contribution is 2.24. The van der Waals surface area contributed by atoms with Crippen LogP contribution in [0.5, 0.6) is 0 Å². The summed E-state index contributed by atoms with van der Waals surface area (Å²) in [6.07, 6.45) is 0. The number of amides is 1. The Balaban J connectivity index is 1.77. The van der Waals surface area contributed by atoms with Crippen molar-refractivity contribution in [3.05, 3.63) is 82.7 Å². The molecule has 0 saturated carbocycles. The van der Waals surface area contributed by atoms with Crippen molar-refractivity contribution < 1.29 is 4.79 Å². The summed E-state index contributed by atoms with van der Waals surface area (Å²) >= 11 is 0. The predicted octanol–water partition coefficient (Wildman–Crippen LogP) is 5.08. The zero-order chi connectivity index (χ0) is 20.1. The molecule has 2 N–H and O–H groups in total. The highest BCUT2D eigenvalue weighted by Gasteiger charge is 2.14. The van der Waals surface area contributed by atoms with Gasteiger partial charge in [0.25, 0.3) is 5.91 Å². The number of benzene rings is 2. The number of anilines is 2. The molecule has 1 amide bonds. The Morgan fingerprint density at radius 3 is 2.46 bits per heavy atom. The van der Waals surface area contributed by atoms with Crippen LogP contribution < -0.4 is 10.6 Å². The van der Waals surface area contributed by atoms with Crippen molar-refractivity contribution in [3.8, 4) is 0 Å². The number of hydrogen-bond donors (Lipinski definition) is 2. The van der Waals surface area contributed by atoms with Crippen LogP contribution in [0.25, 0.3) is 0 Å². The highest BCUT2D eigenvalue weighted by atomic mass is 16.1. The molecule has 0 atom stereocenters. The van der Waals surface area contributed by atoms with Gasteiger partial charge in [0.2, 0.25) is 5.95 Å². The maximum atomic E-state index is 12.8. The molecule has 0 fully saturated rings. The van der Waals surface area contributed by atoms with Crippen LogP contribution in [0, 0.1) is 13.8 Å². The van der Waals surface area contributed by atoms with Crippen molar-refractivity contribution in [1.29, 1.82) is 0 Å². The monoisotopic (exact) mass is 374 g/mol. The van der Waals surface area contributed by atoms with Crippen LogP contribution in [-0.2, 0) is 6.54 Å². The van der Waals surface area contributed by atoms with Crippen molar-refractivity contribution >= 4 is 17.5 Å². The van der Waals surface area contributed by atoms with Crippen molar-refractivity contribution in [3.63, 3.8) is 0 Å². The third-order valence-corrected chi connectivity index (χ3v) is 4.62. The summed E-state index contributed by atoms with van der Waals surface area (Å²) in [5.41, 5.74) is 5.37. The quantitative estimate of drug-likeness (QED) is 0.631. The first kappa shape index (κ1) is 19.5. The number of para-hydroxylation sites is 1. The van der Waals surface area contributed by atoms with Gasteiger partial charge in [0, 0.05) is 17.9 Å². The van der Waals surface area contributed by atoms with Crippen LogP contribution in [0.15, 0.2) is 54.6 Å². The average molecular weight is 374 g/mol. The van der Waals surface area contributed by atoms with Crippen molar-refractivity contribution in [2.45, 2.75) is 40.2 Å². The number of nitrogens with one attached hydrogen (secondary N) is 2. The molecule has 5 nitrogen and oxygen atoms in total. The largest absolute Gasteiger partial charge is 0.350 e. The topological polar surface area (TPSA) is 66.9 Å². The highest BCUT2D eigenvalue weighted by molar-refractivity contribution is 6.03. The van der Waals surface area contributed by atoms with Gasteiger partial charge >= 0.3 is 0 Å². The van der Waals surface area contributed by atoms with E-state index in [9.17, 15) is 4.79 Å². The summed E-state index contributed by atoms with van der Waals surface area (Å²) in [7, 11) is 0. The fourth-order valence-corrected chi connectivity index (χ4v) is 3.05. The number of carbonyl (C=O) groups excluding carboxylic acids is 1. The smallest absolute Gasteiger partial charge is 0.274 e. The maximum absolute atomic E-state index is 12.8. The molecule has 5 heteroatoms. The van der Waals surface area contributed by atoms with Crippen LogP contribution >= 0.6 is 0 Å². The van der Waals surface area contributed by atoms with Crippen LogP contribution in [0.4, 0.5) is 11.6 Å². The van der Waals surface area contributed by atoms with Crippen molar-refractivity contribution in [2.75, 3.05) is 10.6 Å². The molecule has 0 radical (unpaired) electrons.